The van der Waals surface area contributed by atoms with E-state index in [-0.39, 0.29) is 16.3 Å². The minimum Gasteiger partial charge on any atom is -0.396 e. The maximum absolute atomic E-state index is 13.6. The molecule has 0 unspecified atom stereocenters. The zero-order chi connectivity index (χ0) is 15.6. The summed E-state index contributed by atoms with van der Waals surface area (Å²) >= 11 is 0. The van der Waals surface area contributed by atoms with E-state index in [1.165, 1.54) is 26.2 Å². The van der Waals surface area contributed by atoms with Crippen LogP contribution in [0.4, 0.5) is 21.5 Å². The summed E-state index contributed by atoms with van der Waals surface area (Å²) in [6, 6.07) is 10.6. The van der Waals surface area contributed by atoms with Crippen molar-refractivity contribution in [2.75, 3.05) is 25.1 Å². The Morgan fingerprint density at radius 3 is 2.29 bits per heavy atom. The van der Waals surface area contributed by atoms with E-state index in [0.717, 1.165) is 4.31 Å². The first-order chi connectivity index (χ1) is 9.84. The molecule has 0 saturated carbocycles. The van der Waals surface area contributed by atoms with Crippen molar-refractivity contribution in [3.63, 3.8) is 0 Å². The molecule has 0 aromatic heterocycles. The fourth-order valence-electron chi connectivity index (χ4n) is 1.78. The van der Waals surface area contributed by atoms with Crippen molar-refractivity contribution in [3.8, 4) is 0 Å². The zero-order valence-corrected chi connectivity index (χ0v) is 12.5. The van der Waals surface area contributed by atoms with Gasteiger partial charge in [-0.25, -0.2) is 17.1 Å². The molecule has 0 saturated heterocycles. The lowest BCUT2D eigenvalue weighted by Crippen LogP contribution is -2.23. The Hall–Kier alpha value is -2.12. The fourth-order valence-corrected chi connectivity index (χ4v) is 2.81. The Morgan fingerprint density at radius 2 is 1.67 bits per heavy atom. The molecule has 2 aromatic carbocycles. The van der Waals surface area contributed by atoms with Crippen molar-refractivity contribution in [2.24, 2.45) is 0 Å². The maximum atomic E-state index is 13.6. The molecule has 21 heavy (non-hydrogen) atoms. The highest BCUT2D eigenvalue weighted by Crippen LogP contribution is 2.31. The second-order valence-electron chi connectivity index (χ2n) is 4.61. The van der Waals surface area contributed by atoms with Gasteiger partial charge in [-0.1, -0.05) is 18.2 Å². The quantitative estimate of drug-likeness (QED) is 0.850. The smallest absolute Gasteiger partial charge is 0.244 e. The van der Waals surface area contributed by atoms with Crippen LogP contribution >= 0.6 is 0 Å². The number of nitrogens with two attached hydrogens (primary N) is 1. The number of hydrogen-bond donors (Lipinski definition) is 2. The molecule has 112 valence electrons. The van der Waals surface area contributed by atoms with Crippen LogP contribution in [0.1, 0.15) is 0 Å². The number of para-hydroxylation sites is 2. The zero-order valence-electron chi connectivity index (χ0n) is 11.7. The van der Waals surface area contributed by atoms with E-state index in [1.54, 1.807) is 30.3 Å². The maximum Gasteiger partial charge on any atom is 0.244 e. The average Bonchev–Trinajstić information content (AvgIpc) is 2.43. The van der Waals surface area contributed by atoms with E-state index in [1.807, 2.05) is 0 Å². The molecule has 7 heteroatoms. The summed E-state index contributed by atoms with van der Waals surface area (Å²) < 4.78 is 39.1. The normalized spacial score (nSPS) is 11.6. The van der Waals surface area contributed by atoms with Crippen molar-refractivity contribution >= 4 is 27.1 Å². The van der Waals surface area contributed by atoms with Gasteiger partial charge in [0.2, 0.25) is 10.0 Å². The van der Waals surface area contributed by atoms with Gasteiger partial charge < -0.3 is 11.1 Å². The van der Waals surface area contributed by atoms with Crippen LogP contribution in [-0.2, 0) is 10.0 Å². The third-order valence-electron chi connectivity index (χ3n) is 2.97. The molecule has 0 spiro atoms. The molecule has 2 rings (SSSR count). The Labute approximate surface area is 123 Å². The largest absolute Gasteiger partial charge is 0.396 e. The van der Waals surface area contributed by atoms with Gasteiger partial charge in [0.25, 0.3) is 0 Å². The Morgan fingerprint density at radius 1 is 1.05 bits per heavy atom. The monoisotopic (exact) mass is 309 g/mol. The summed E-state index contributed by atoms with van der Waals surface area (Å²) in [5.74, 6) is -0.447. The lowest BCUT2D eigenvalue weighted by atomic mass is 10.2. The predicted octanol–water partition coefficient (Wildman–Crippen LogP) is 2.40. The predicted molar refractivity (Wildman–Crippen MR) is 81.4 cm³/mol. The molecule has 0 amide bonds. The summed E-state index contributed by atoms with van der Waals surface area (Å²) in [5, 5.41) is 2.81. The summed E-state index contributed by atoms with van der Waals surface area (Å²) in [4.78, 5) is -0.0196. The van der Waals surface area contributed by atoms with Gasteiger partial charge in [0.05, 0.1) is 17.1 Å². The fraction of sp³-hybridized carbons (Fsp3) is 0.143. The van der Waals surface area contributed by atoms with Crippen molar-refractivity contribution < 1.29 is 12.8 Å². The topological polar surface area (TPSA) is 75.4 Å². The standard InChI is InChI=1S/C14H16FN3O2S/c1-18(2)21(19,20)13-9-5-8-12(14(13)16)17-11-7-4-3-6-10(11)15/h3-9,17H,16H2,1-2H3. The van der Waals surface area contributed by atoms with E-state index in [4.69, 9.17) is 5.73 Å². The van der Waals surface area contributed by atoms with Crippen LogP contribution in [0.25, 0.3) is 0 Å². The molecule has 0 aliphatic rings. The molecular weight excluding hydrogens is 293 g/mol. The van der Waals surface area contributed by atoms with Crippen molar-refractivity contribution in [2.45, 2.75) is 4.90 Å². The first-order valence-electron chi connectivity index (χ1n) is 6.16. The van der Waals surface area contributed by atoms with Gasteiger partial charge in [-0.05, 0) is 24.3 Å². The second kappa shape index (κ2) is 5.71. The SMILES string of the molecule is CN(C)S(=O)(=O)c1cccc(Nc2ccccc2F)c1N. The Kier molecular flexibility index (Phi) is 4.15. The van der Waals surface area contributed by atoms with Crippen LogP contribution in [0.3, 0.4) is 0 Å². The summed E-state index contributed by atoms with van der Waals surface area (Å²) in [6.07, 6.45) is 0. The van der Waals surface area contributed by atoms with E-state index >= 15 is 0 Å². The average molecular weight is 309 g/mol. The number of sulfonamides is 1. The van der Waals surface area contributed by atoms with E-state index in [0.29, 0.717) is 5.69 Å². The van der Waals surface area contributed by atoms with Gasteiger partial charge in [-0.2, -0.15) is 0 Å². The number of nitrogen functional groups attached to an aromatic ring is 1. The molecule has 0 aliphatic heterocycles. The number of anilines is 3. The van der Waals surface area contributed by atoms with Crippen LogP contribution in [0.15, 0.2) is 47.4 Å². The highest BCUT2D eigenvalue weighted by Gasteiger charge is 2.21. The summed E-state index contributed by atoms with van der Waals surface area (Å²) in [7, 11) is -0.813. The van der Waals surface area contributed by atoms with E-state index in [2.05, 4.69) is 5.32 Å². The second-order valence-corrected chi connectivity index (χ2v) is 6.73. The number of nitrogens with zero attached hydrogens (tertiary/aromatic N) is 1. The minimum atomic E-state index is -3.66. The van der Waals surface area contributed by atoms with Crippen LogP contribution in [0.5, 0.6) is 0 Å². The molecule has 2 aromatic rings. The summed E-state index contributed by atoms with van der Waals surface area (Å²) in [6.45, 7) is 0. The van der Waals surface area contributed by atoms with Gasteiger partial charge in [0.15, 0.2) is 0 Å². The van der Waals surface area contributed by atoms with Gasteiger partial charge in [-0.15, -0.1) is 0 Å². The molecule has 0 aliphatic carbocycles. The van der Waals surface area contributed by atoms with Crippen LogP contribution in [0.2, 0.25) is 0 Å². The molecule has 3 N–H and O–H groups in total. The molecule has 0 fully saturated rings. The lowest BCUT2D eigenvalue weighted by molar-refractivity contribution is 0.521. The van der Waals surface area contributed by atoms with Crippen molar-refractivity contribution in [1.82, 2.24) is 4.31 Å². The van der Waals surface area contributed by atoms with Crippen LogP contribution in [-0.4, -0.2) is 26.8 Å². The molecule has 0 bridgehead atoms. The molecular formula is C14H16FN3O2S. The number of nitrogens with one attached hydrogen (secondary N) is 1. The third kappa shape index (κ3) is 2.98. The number of rotatable bonds is 4. The lowest BCUT2D eigenvalue weighted by Gasteiger charge is -2.16. The van der Waals surface area contributed by atoms with Crippen LogP contribution in [0, 0.1) is 5.82 Å². The van der Waals surface area contributed by atoms with Gasteiger partial charge >= 0.3 is 0 Å². The van der Waals surface area contributed by atoms with Crippen LogP contribution < -0.4 is 11.1 Å². The molecule has 0 radical (unpaired) electrons. The molecule has 0 heterocycles. The number of halogens is 1. The molecule has 0 atom stereocenters. The van der Waals surface area contributed by atoms with Crippen molar-refractivity contribution in [1.29, 1.82) is 0 Å². The highest BCUT2D eigenvalue weighted by atomic mass is 32.2. The first-order valence-corrected chi connectivity index (χ1v) is 7.60. The Balaban J connectivity index is 2.47. The first kappa shape index (κ1) is 15.3. The Bertz CT molecular complexity index is 761. The van der Waals surface area contributed by atoms with Crippen molar-refractivity contribution in [3.05, 3.63) is 48.3 Å². The molecule has 5 nitrogen and oxygen atoms in total. The highest BCUT2D eigenvalue weighted by molar-refractivity contribution is 7.89. The van der Waals surface area contributed by atoms with Gasteiger partial charge in [0, 0.05) is 14.1 Å². The minimum absolute atomic E-state index is 0.0196. The summed E-state index contributed by atoms with van der Waals surface area (Å²) in [5.41, 5.74) is 6.53. The van der Waals surface area contributed by atoms with Gasteiger partial charge in [-0.3, -0.25) is 0 Å². The number of hydrogen-bond acceptors (Lipinski definition) is 4. The number of benzene rings is 2. The third-order valence-corrected chi connectivity index (χ3v) is 4.84. The van der Waals surface area contributed by atoms with E-state index < -0.39 is 15.8 Å². The van der Waals surface area contributed by atoms with Gasteiger partial charge in [0.1, 0.15) is 10.7 Å². The van der Waals surface area contributed by atoms with E-state index in [9.17, 15) is 12.8 Å².